The number of amides is 1. The van der Waals surface area contributed by atoms with Gasteiger partial charge in [0.25, 0.3) is 5.91 Å². The van der Waals surface area contributed by atoms with E-state index in [9.17, 15) is 13.2 Å². The number of carbonyl (C=O) groups excluding carboxylic acids is 1. The molecule has 1 amide bonds. The van der Waals surface area contributed by atoms with Gasteiger partial charge in [-0.15, -0.1) is 0 Å². The zero-order chi connectivity index (χ0) is 17.2. The summed E-state index contributed by atoms with van der Waals surface area (Å²) in [5.74, 6) is -0.840. The molecule has 24 heavy (non-hydrogen) atoms. The van der Waals surface area contributed by atoms with E-state index in [1.807, 2.05) is 43.3 Å². The Balaban J connectivity index is 1.67. The molecule has 1 aliphatic rings. The Kier molecular flexibility index (Phi) is 4.69. The lowest BCUT2D eigenvalue weighted by Gasteiger charge is -2.24. The van der Waals surface area contributed by atoms with Crippen molar-refractivity contribution in [3.63, 3.8) is 0 Å². The highest BCUT2D eigenvalue weighted by Crippen LogP contribution is 2.20. The summed E-state index contributed by atoms with van der Waals surface area (Å²) in [4.78, 5) is 12.3. The van der Waals surface area contributed by atoms with Crippen LogP contribution in [0.15, 0.2) is 48.5 Å². The van der Waals surface area contributed by atoms with Crippen molar-refractivity contribution in [2.45, 2.75) is 31.8 Å². The van der Waals surface area contributed by atoms with Crippen molar-refractivity contribution in [2.24, 2.45) is 0 Å². The smallest absolute Gasteiger partial charge is 0.262 e. The number of fused-ring (bicyclic) bond motifs is 1. The molecule has 2 aromatic carbocycles. The van der Waals surface area contributed by atoms with Gasteiger partial charge >= 0.3 is 0 Å². The molecule has 0 aromatic heterocycles. The molecule has 5 nitrogen and oxygen atoms in total. The summed E-state index contributed by atoms with van der Waals surface area (Å²) in [5, 5.41) is 0. The standard InChI is InChI=1S/C18H19NO4S/c1-13-6-2-3-9-16(13)12-24(21,22)19-18(20)17-10-14-7-4-5-8-15(14)11-23-17/h2-9,17H,10-12H2,1H3,(H,19,20). The minimum absolute atomic E-state index is 0.227. The number of aryl methyl sites for hydroxylation is 1. The highest BCUT2D eigenvalue weighted by Gasteiger charge is 2.28. The van der Waals surface area contributed by atoms with Crippen molar-refractivity contribution in [3.05, 3.63) is 70.8 Å². The van der Waals surface area contributed by atoms with Crippen LogP contribution in [0.25, 0.3) is 0 Å². The van der Waals surface area contributed by atoms with E-state index < -0.39 is 22.0 Å². The Bertz CT molecular complexity index is 861. The quantitative estimate of drug-likeness (QED) is 0.921. The highest BCUT2D eigenvalue weighted by atomic mass is 32.2. The van der Waals surface area contributed by atoms with E-state index in [-0.39, 0.29) is 5.75 Å². The molecule has 1 aliphatic heterocycles. The van der Waals surface area contributed by atoms with E-state index in [1.165, 1.54) is 0 Å². The molecule has 1 unspecified atom stereocenters. The van der Waals surface area contributed by atoms with Gasteiger partial charge in [-0.25, -0.2) is 8.42 Å². The van der Waals surface area contributed by atoms with Gasteiger partial charge in [0.05, 0.1) is 12.4 Å². The van der Waals surface area contributed by atoms with Crippen molar-refractivity contribution in [1.82, 2.24) is 4.72 Å². The Morgan fingerprint density at radius 3 is 2.54 bits per heavy atom. The summed E-state index contributed by atoms with van der Waals surface area (Å²) in [7, 11) is -3.76. The molecule has 0 spiro atoms. The number of carbonyl (C=O) groups is 1. The molecule has 1 N–H and O–H groups in total. The maximum atomic E-state index is 12.3. The first-order chi connectivity index (χ1) is 11.4. The molecule has 0 radical (unpaired) electrons. The molecule has 1 heterocycles. The van der Waals surface area contributed by atoms with Gasteiger partial charge in [0.15, 0.2) is 0 Å². The lowest BCUT2D eigenvalue weighted by molar-refractivity contribution is -0.132. The maximum Gasteiger partial charge on any atom is 0.262 e. The lowest BCUT2D eigenvalue weighted by atomic mass is 9.99. The molecule has 2 aromatic rings. The van der Waals surface area contributed by atoms with Gasteiger partial charge in [-0.1, -0.05) is 48.5 Å². The number of ether oxygens (including phenoxy) is 1. The first-order valence-electron chi connectivity index (χ1n) is 7.72. The third kappa shape index (κ3) is 3.83. The third-order valence-corrected chi connectivity index (χ3v) is 5.32. The van der Waals surface area contributed by atoms with E-state index in [4.69, 9.17) is 4.74 Å². The number of nitrogens with one attached hydrogen (secondary N) is 1. The molecule has 126 valence electrons. The normalized spacial score (nSPS) is 17.1. The number of rotatable bonds is 4. The second kappa shape index (κ2) is 6.75. The van der Waals surface area contributed by atoms with Gasteiger partial charge in [-0.2, -0.15) is 0 Å². The number of hydrogen-bond acceptors (Lipinski definition) is 4. The fourth-order valence-electron chi connectivity index (χ4n) is 2.75. The van der Waals surface area contributed by atoms with Gasteiger partial charge in [0, 0.05) is 6.42 Å². The summed E-state index contributed by atoms with van der Waals surface area (Å²) in [5.41, 5.74) is 3.59. The summed E-state index contributed by atoms with van der Waals surface area (Å²) in [6.07, 6.45) is -0.409. The molecular weight excluding hydrogens is 326 g/mol. The van der Waals surface area contributed by atoms with Crippen molar-refractivity contribution in [2.75, 3.05) is 0 Å². The molecule has 0 fully saturated rings. The van der Waals surface area contributed by atoms with Crippen molar-refractivity contribution in [1.29, 1.82) is 0 Å². The summed E-state index contributed by atoms with van der Waals surface area (Å²) in [6.45, 7) is 2.15. The molecule has 1 atom stereocenters. The van der Waals surface area contributed by atoms with Crippen LogP contribution in [0.2, 0.25) is 0 Å². The highest BCUT2D eigenvalue weighted by molar-refractivity contribution is 7.89. The van der Waals surface area contributed by atoms with Crippen LogP contribution in [0, 0.1) is 6.92 Å². The van der Waals surface area contributed by atoms with Crippen LogP contribution in [0.5, 0.6) is 0 Å². The minimum Gasteiger partial charge on any atom is -0.363 e. The van der Waals surface area contributed by atoms with E-state index in [2.05, 4.69) is 4.72 Å². The Morgan fingerprint density at radius 1 is 1.12 bits per heavy atom. The van der Waals surface area contributed by atoms with Gasteiger partial charge in [0.1, 0.15) is 6.10 Å². The molecule has 0 bridgehead atoms. The number of benzene rings is 2. The Hall–Kier alpha value is -2.18. The molecule has 0 saturated carbocycles. The Morgan fingerprint density at radius 2 is 1.79 bits per heavy atom. The first-order valence-corrected chi connectivity index (χ1v) is 9.37. The average molecular weight is 345 g/mol. The molecule has 3 rings (SSSR count). The monoisotopic (exact) mass is 345 g/mol. The predicted molar refractivity (Wildman–Crippen MR) is 90.7 cm³/mol. The Labute approximate surface area is 141 Å². The zero-order valence-electron chi connectivity index (χ0n) is 13.4. The fourth-order valence-corrected chi connectivity index (χ4v) is 3.99. The van der Waals surface area contributed by atoms with Gasteiger partial charge in [0.2, 0.25) is 10.0 Å². The number of hydrogen-bond donors (Lipinski definition) is 1. The van der Waals surface area contributed by atoms with E-state index in [1.54, 1.807) is 12.1 Å². The van der Waals surface area contributed by atoms with Crippen LogP contribution in [0.4, 0.5) is 0 Å². The van der Waals surface area contributed by atoms with Gasteiger partial charge in [-0.05, 0) is 29.2 Å². The second-order valence-corrected chi connectivity index (χ2v) is 7.65. The first kappa shape index (κ1) is 16.7. The van der Waals surface area contributed by atoms with E-state index in [0.717, 1.165) is 16.7 Å². The van der Waals surface area contributed by atoms with Gasteiger partial charge in [-0.3, -0.25) is 9.52 Å². The topological polar surface area (TPSA) is 72.5 Å². The van der Waals surface area contributed by atoms with Crippen LogP contribution < -0.4 is 4.72 Å². The lowest BCUT2D eigenvalue weighted by Crippen LogP contribution is -2.43. The average Bonchev–Trinajstić information content (AvgIpc) is 2.56. The third-order valence-electron chi connectivity index (χ3n) is 4.12. The van der Waals surface area contributed by atoms with Crippen LogP contribution in [-0.4, -0.2) is 20.4 Å². The SMILES string of the molecule is Cc1ccccc1CS(=O)(=O)NC(=O)C1Cc2ccccc2CO1. The van der Waals surface area contributed by atoms with E-state index in [0.29, 0.717) is 18.6 Å². The minimum atomic E-state index is -3.76. The number of sulfonamides is 1. The zero-order valence-corrected chi connectivity index (χ0v) is 14.2. The van der Waals surface area contributed by atoms with Crippen LogP contribution in [-0.2, 0) is 38.3 Å². The predicted octanol–water partition coefficient (Wildman–Crippen LogP) is 2.08. The summed E-state index contributed by atoms with van der Waals surface area (Å²) < 4.78 is 32.2. The van der Waals surface area contributed by atoms with E-state index >= 15 is 0 Å². The summed E-state index contributed by atoms with van der Waals surface area (Å²) >= 11 is 0. The molecule has 0 saturated heterocycles. The van der Waals surface area contributed by atoms with Crippen molar-refractivity contribution in [3.8, 4) is 0 Å². The van der Waals surface area contributed by atoms with Crippen LogP contribution >= 0.6 is 0 Å². The molecule has 6 heteroatoms. The molecular formula is C18H19NO4S. The second-order valence-electron chi connectivity index (χ2n) is 5.92. The summed E-state index contributed by atoms with van der Waals surface area (Å²) in [6, 6.07) is 14.9. The van der Waals surface area contributed by atoms with Gasteiger partial charge < -0.3 is 4.74 Å². The van der Waals surface area contributed by atoms with Crippen LogP contribution in [0.3, 0.4) is 0 Å². The van der Waals surface area contributed by atoms with Crippen LogP contribution in [0.1, 0.15) is 22.3 Å². The maximum absolute atomic E-state index is 12.3. The van der Waals surface area contributed by atoms with Crippen molar-refractivity contribution >= 4 is 15.9 Å². The largest absolute Gasteiger partial charge is 0.363 e. The fraction of sp³-hybridized carbons (Fsp3) is 0.278. The molecule has 0 aliphatic carbocycles. The van der Waals surface area contributed by atoms with Crippen molar-refractivity contribution < 1.29 is 17.9 Å².